The minimum Gasteiger partial charge on any atom is -0.348 e. The second-order valence-corrected chi connectivity index (χ2v) is 8.54. The van der Waals surface area contributed by atoms with E-state index in [2.05, 4.69) is 55.3 Å². The molecule has 1 fully saturated rings. The Morgan fingerprint density at radius 2 is 1.84 bits per heavy atom. The van der Waals surface area contributed by atoms with Gasteiger partial charge in [0.15, 0.2) is 0 Å². The Morgan fingerprint density at radius 1 is 1.10 bits per heavy atom. The molecule has 1 N–H and O–H groups in total. The molecule has 5 heteroatoms. The second kappa shape index (κ2) is 9.48. The number of aryl methyl sites for hydroxylation is 1. The molecule has 5 nitrogen and oxygen atoms in total. The van der Waals surface area contributed by atoms with Gasteiger partial charge in [0.25, 0.3) is 5.91 Å². The number of aromatic nitrogens is 2. The monoisotopic (exact) mass is 416 g/mol. The molecule has 162 valence electrons. The zero-order chi connectivity index (χ0) is 21.8. The summed E-state index contributed by atoms with van der Waals surface area (Å²) in [6.45, 7) is 9.22. The lowest BCUT2D eigenvalue weighted by atomic mass is 10.1. The number of nitrogens with one attached hydrogen (secondary N) is 1. The normalized spacial score (nSPS) is 16.5. The van der Waals surface area contributed by atoms with Gasteiger partial charge < -0.3 is 5.32 Å². The Bertz CT molecular complexity index is 1020. The molecule has 1 atom stereocenters. The maximum Gasteiger partial charge on any atom is 0.251 e. The van der Waals surface area contributed by atoms with Crippen molar-refractivity contribution in [2.24, 2.45) is 0 Å². The van der Waals surface area contributed by atoms with Gasteiger partial charge in [-0.1, -0.05) is 43.7 Å². The van der Waals surface area contributed by atoms with Gasteiger partial charge in [0.1, 0.15) is 0 Å². The van der Waals surface area contributed by atoms with Crippen LogP contribution in [0.1, 0.15) is 52.6 Å². The third-order valence-electron chi connectivity index (χ3n) is 6.17. The van der Waals surface area contributed by atoms with E-state index in [4.69, 9.17) is 5.10 Å². The summed E-state index contributed by atoms with van der Waals surface area (Å²) in [6, 6.07) is 18.5. The fraction of sp³-hybridized carbons (Fsp3) is 0.385. The maximum atomic E-state index is 12.8. The fourth-order valence-electron chi connectivity index (χ4n) is 4.50. The Kier molecular flexibility index (Phi) is 6.52. The summed E-state index contributed by atoms with van der Waals surface area (Å²) in [6.07, 6.45) is 3.14. The van der Waals surface area contributed by atoms with Gasteiger partial charge in [0, 0.05) is 36.9 Å². The van der Waals surface area contributed by atoms with Crippen LogP contribution in [-0.2, 0) is 13.0 Å². The van der Waals surface area contributed by atoms with Crippen LogP contribution in [0.25, 0.3) is 5.69 Å². The van der Waals surface area contributed by atoms with Crippen LogP contribution in [0, 0.1) is 13.8 Å². The highest BCUT2D eigenvalue weighted by atomic mass is 16.1. The van der Waals surface area contributed by atoms with Crippen LogP contribution in [0.2, 0.25) is 0 Å². The number of hydrogen-bond acceptors (Lipinski definition) is 3. The lowest BCUT2D eigenvalue weighted by molar-refractivity contribution is 0.0937. The topological polar surface area (TPSA) is 50.2 Å². The number of benzene rings is 2. The molecule has 3 aromatic rings. The molecule has 1 amide bonds. The van der Waals surface area contributed by atoms with Gasteiger partial charge in [-0.05, 0) is 62.1 Å². The van der Waals surface area contributed by atoms with Crippen molar-refractivity contribution in [2.45, 2.75) is 52.6 Å². The van der Waals surface area contributed by atoms with E-state index in [1.807, 2.05) is 35.0 Å². The van der Waals surface area contributed by atoms with Gasteiger partial charge in [0.2, 0.25) is 0 Å². The van der Waals surface area contributed by atoms with Crippen LogP contribution in [0.3, 0.4) is 0 Å². The highest BCUT2D eigenvalue weighted by Crippen LogP contribution is 2.20. The summed E-state index contributed by atoms with van der Waals surface area (Å²) in [5.74, 6) is -0.00171. The highest BCUT2D eigenvalue weighted by molar-refractivity contribution is 5.94. The molecule has 1 unspecified atom stereocenters. The molecule has 0 spiro atoms. The molecule has 1 saturated heterocycles. The quantitative estimate of drug-likeness (QED) is 0.619. The van der Waals surface area contributed by atoms with Gasteiger partial charge in [0.05, 0.1) is 11.4 Å². The first-order valence-electron chi connectivity index (χ1n) is 11.3. The van der Waals surface area contributed by atoms with Gasteiger partial charge in [-0.15, -0.1) is 0 Å². The SMILES string of the molecule is CCCc1c(C)nn(-c2ccc(C(=O)NC3CCN(Cc4ccccc4)C3)cc2)c1C. The van der Waals surface area contributed by atoms with Crippen molar-refractivity contribution in [3.8, 4) is 5.69 Å². The number of amides is 1. The molecule has 1 aliphatic heterocycles. The fourth-order valence-corrected chi connectivity index (χ4v) is 4.50. The lowest BCUT2D eigenvalue weighted by Gasteiger charge is -2.17. The van der Waals surface area contributed by atoms with Gasteiger partial charge in [-0.2, -0.15) is 5.10 Å². The summed E-state index contributed by atoms with van der Waals surface area (Å²) < 4.78 is 1.99. The van der Waals surface area contributed by atoms with Crippen molar-refractivity contribution in [2.75, 3.05) is 13.1 Å². The van der Waals surface area contributed by atoms with E-state index in [1.54, 1.807) is 0 Å². The van der Waals surface area contributed by atoms with E-state index in [0.29, 0.717) is 5.56 Å². The van der Waals surface area contributed by atoms with Crippen LogP contribution in [0.15, 0.2) is 54.6 Å². The molecular formula is C26H32N4O. The number of carbonyl (C=O) groups is 1. The lowest BCUT2D eigenvalue weighted by Crippen LogP contribution is -2.37. The van der Waals surface area contributed by atoms with Crippen LogP contribution < -0.4 is 5.32 Å². The molecule has 0 aliphatic carbocycles. The van der Waals surface area contributed by atoms with E-state index in [1.165, 1.54) is 16.8 Å². The van der Waals surface area contributed by atoms with Crippen LogP contribution in [0.4, 0.5) is 0 Å². The molecule has 31 heavy (non-hydrogen) atoms. The molecule has 2 heterocycles. The van der Waals surface area contributed by atoms with Crippen molar-refractivity contribution in [1.29, 1.82) is 0 Å². The maximum absolute atomic E-state index is 12.8. The molecule has 1 aromatic heterocycles. The third kappa shape index (κ3) is 4.88. The van der Waals surface area contributed by atoms with E-state index >= 15 is 0 Å². The van der Waals surface area contributed by atoms with E-state index < -0.39 is 0 Å². The zero-order valence-corrected chi connectivity index (χ0v) is 18.8. The molecule has 0 bridgehead atoms. The van der Waals surface area contributed by atoms with Crippen LogP contribution >= 0.6 is 0 Å². The molecular weight excluding hydrogens is 384 g/mol. The third-order valence-corrected chi connectivity index (χ3v) is 6.17. The average Bonchev–Trinajstić information content (AvgIpc) is 3.33. The van der Waals surface area contributed by atoms with E-state index in [9.17, 15) is 4.79 Å². The predicted molar refractivity (Wildman–Crippen MR) is 125 cm³/mol. The largest absolute Gasteiger partial charge is 0.348 e. The number of likely N-dealkylation sites (tertiary alicyclic amines) is 1. The second-order valence-electron chi connectivity index (χ2n) is 8.54. The Labute approximate surface area is 185 Å². The minimum atomic E-state index is -0.00171. The number of carbonyl (C=O) groups excluding carboxylic acids is 1. The number of hydrogen-bond donors (Lipinski definition) is 1. The summed E-state index contributed by atoms with van der Waals surface area (Å²) in [5, 5.41) is 7.92. The average molecular weight is 417 g/mol. The summed E-state index contributed by atoms with van der Waals surface area (Å²) >= 11 is 0. The zero-order valence-electron chi connectivity index (χ0n) is 18.8. The minimum absolute atomic E-state index is 0.00171. The molecule has 0 saturated carbocycles. The van der Waals surface area contributed by atoms with Gasteiger partial charge in [-0.25, -0.2) is 4.68 Å². The molecule has 4 rings (SSSR count). The predicted octanol–water partition coefficient (Wildman–Crippen LogP) is 4.45. The standard InChI is InChI=1S/C26H32N4O/c1-4-8-25-19(2)28-30(20(25)3)24-13-11-22(12-14-24)26(31)27-23-15-16-29(18-23)17-21-9-6-5-7-10-21/h5-7,9-14,23H,4,8,15-18H2,1-3H3,(H,27,31). The van der Waals surface area contributed by atoms with Crippen LogP contribution in [0.5, 0.6) is 0 Å². The van der Waals surface area contributed by atoms with E-state index in [0.717, 1.165) is 50.3 Å². The first-order chi connectivity index (χ1) is 15.0. The van der Waals surface area contributed by atoms with Crippen LogP contribution in [-0.4, -0.2) is 39.7 Å². The molecule has 2 aromatic carbocycles. The van der Waals surface area contributed by atoms with Crippen molar-refractivity contribution < 1.29 is 4.79 Å². The number of rotatable bonds is 7. The summed E-state index contributed by atoms with van der Waals surface area (Å²) in [7, 11) is 0. The summed E-state index contributed by atoms with van der Waals surface area (Å²) in [4.78, 5) is 15.2. The Balaban J connectivity index is 1.36. The molecule has 0 radical (unpaired) electrons. The Morgan fingerprint density at radius 3 is 2.55 bits per heavy atom. The van der Waals surface area contributed by atoms with Crippen molar-refractivity contribution in [3.05, 3.63) is 82.7 Å². The highest BCUT2D eigenvalue weighted by Gasteiger charge is 2.24. The first-order valence-corrected chi connectivity index (χ1v) is 11.3. The van der Waals surface area contributed by atoms with Crippen molar-refractivity contribution >= 4 is 5.91 Å². The van der Waals surface area contributed by atoms with Gasteiger partial charge >= 0.3 is 0 Å². The molecule has 1 aliphatic rings. The Hall–Kier alpha value is -2.92. The van der Waals surface area contributed by atoms with Gasteiger partial charge in [-0.3, -0.25) is 9.69 Å². The van der Waals surface area contributed by atoms with Crippen molar-refractivity contribution in [3.63, 3.8) is 0 Å². The summed E-state index contributed by atoms with van der Waals surface area (Å²) in [5.41, 5.74) is 6.60. The smallest absolute Gasteiger partial charge is 0.251 e. The van der Waals surface area contributed by atoms with E-state index in [-0.39, 0.29) is 11.9 Å². The van der Waals surface area contributed by atoms with Crippen molar-refractivity contribution in [1.82, 2.24) is 20.0 Å². The number of nitrogens with zero attached hydrogens (tertiary/aromatic N) is 3. The first kappa shape index (κ1) is 21.3.